The molecule has 0 heterocycles. The molecular formula is C11H23NO. The van der Waals surface area contributed by atoms with E-state index in [4.69, 9.17) is 5.73 Å². The first-order chi connectivity index (χ1) is 6.24. The maximum atomic E-state index is 9.66. The molecule has 78 valence electrons. The van der Waals surface area contributed by atoms with Crippen molar-refractivity contribution in [2.75, 3.05) is 0 Å². The van der Waals surface area contributed by atoms with Gasteiger partial charge < -0.3 is 10.8 Å². The van der Waals surface area contributed by atoms with Crippen molar-refractivity contribution < 1.29 is 5.11 Å². The molecule has 0 aromatic rings. The van der Waals surface area contributed by atoms with Crippen LogP contribution in [0.15, 0.2) is 0 Å². The minimum atomic E-state index is -0.265. The summed E-state index contributed by atoms with van der Waals surface area (Å²) in [6, 6.07) is 0.0205. The topological polar surface area (TPSA) is 46.2 Å². The van der Waals surface area contributed by atoms with Gasteiger partial charge in [0.25, 0.3) is 0 Å². The highest BCUT2D eigenvalue weighted by Gasteiger charge is 2.23. The lowest BCUT2D eigenvalue weighted by atomic mass is 10.0. The van der Waals surface area contributed by atoms with Crippen molar-refractivity contribution in [1.29, 1.82) is 0 Å². The van der Waals surface area contributed by atoms with Gasteiger partial charge in [0.1, 0.15) is 0 Å². The van der Waals surface area contributed by atoms with Gasteiger partial charge in [-0.1, -0.05) is 32.6 Å². The van der Waals surface area contributed by atoms with Crippen LogP contribution in [0.5, 0.6) is 0 Å². The molecule has 1 saturated carbocycles. The fraction of sp³-hybridized carbons (Fsp3) is 1.00. The Hall–Kier alpha value is -0.0800. The zero-order chi connectivity index (χ0) is 9.68. The summed E-state index contributed by atoms with van der Waals surface area (Å²) < 4.78 is 0. The number of nitrogens with two attached hydrogens (primary N) is 1. The molecule has 1 aliphatic carbocycles. The van der Waals surface area contributed by atoms with Gasteiger partial charge in [0, 0.05) is 6.04 Å². The Labute approximate surface area is 81.5 Å². The van der Waals surface area contributed by atoms with Crippen LogP contribution in [-0.2, 0) is 0 Å². The molecule has 0 aromatic carbocycles. The van der Waals surface area contributed by atoms with Crippen molar-refractivity contribution in [3.8, 4) is 0 Å². The number of hydrogen-bond acceptors (Lipinski definition) is 2. The molecule has 2 unspecified atom stereocenters. The molecule has 13 heavy (non-hydrogen) atoms. The van der Waals surface area contributed by atoms with Crippen LogP contribution >= 0.6 is 0 Å². The van der Waals surface area contributed by atoms with Gasteiger partial charge in [0.2, 0.25) is 0 Å². The number of aliphatic hydroxyl groups is 1. The third kappa shape index (κ3) is 4.63. The summed E-state index contributed by atoms with van der Waals surface area (Å²) in [4.78, 5) is 0. The van der Waals surface area contributed by atoms with E-state index in [1.807, 2.05) is 0 Å². The smallest absolute Gasteiger partial charge is 0.0691 e. The first kappa shape index (κ1) is 11.0. The zero-order valence-electron chi connectivity index (χ0n) is 8.71. The lowest BCUT2D eigenvalue weighted by Gasteiger charge is -2.18. The van der Waals surface area contributed by atoms with Crippen LogP contribution in [0.1, 0.15) is 51.9 Å². The summed E-state index contributed by atoms with van der Waals surface area (Å²) >= 11 is 0. The molecule has 0 radical (unpaired) electrons. The predicted octanol–water partition coefficient (Wildman–Crippen LogP) is 2.05. The van der Waals surface area contributed by atoms with Gasteiger partial charge in [-0.05, 0) is 25.2 Å². The Morgan fingerprint density at radius 1 is 1.38 bits per heavy atom. The van der Waals surface area contributed by atoms with Gasteiger partial charge in [-0.2, -0.15) is 0 Å². The number of aliphatic hydroxyl groups excluding tert-OH is 1. The molecule has 0 aliphatic heterocycles. The molecule has 2 heteroatoms. The summed E-state index contributed by atoms with van der Waals surface area (Å²) in [5.74, 6) is 0.935. The number of unbranched alkanes of at least 4 members (excludes halogenated alkanes) is 1. The van der Waals surface area contributed by atoms with Gasteiger partial charge in [-0.3, -0.25) is 0 Å². The summed E-state index contributed by atoms with van der Waals surface area (Å²) in [5, 5.41) is 9.66. The van der Waals surface area contributed by atoms with E-state index in [-0.39, 0.29) is 12.1 Å². The average Bonchev–Trinajstić information content (AvgIpc) is 2.93. The molecule has 2 atom stereocenters. The molecule has 1 aliphatic rings. The highest BCUT2D eigenvalue weighted by Crippen LogP contribution is 2.34. The SMILES string of the molecule is CCCCC(O)C(N)CCC1CC1. The lowest BCUT2D eigenvalue weighted by molar-refractivity contribution is 0.127. The van der Waals surface area contributed by atoms with Crippen molar-refractivity contribution in [2.24, 2.45) is 11.7 Å². The predicted molar refractivity (Wildman–Crippen MR) is 55.5 cm³/mol. The first-order valence-corrected chi connectivity index (χ1v) is 5.67. The molecule has 1 rings (SSSR count). The van der Waals surface area contributed by atoms with E-state index >= 15 is 0 Å². The molecule has 1 fully saturated rings. The molecule has 0 aromatic heterocycles. The van der Waals surface area contributed by atoms with Crippen molar-refractivity contribution >= 4 is 0 Å². The van der Waals surface area contributed by atoms with Crippen molar-refractivity contribution in [3.05, 3.63) is 0 Å². The molecule has 2 nitrogen and oxygen atoms in total. The van der Waals surface area contributed by atoms with Crippen LogP contribution in [0, 0.1) is 5.92 Å². The van der Waals surface area contributed by atoms with Crippen LogP contribution in [-0.4, -0.2) is 17.3 Å². The first-order valence-electron chi connectivity index (χ1n) is 5.67. The summed E-state index contributed by atoms with van der Waals surface area (Å²) in [5.41, 5.74) is 5.88. The van der Waals surface area contributed by atoms with Gasteiger partial charge in [-0.25, -0.2) is 0 Å². The summed E-state index contributed by atoms with van der Waals surface area (Å²) in [7, 11) is 0. The molecule has 0 saturated heterocycles. The highest BCUT2D eigenvalue weighted by molar-refractivity contribution is 4.78. The Morgan fingerprint density at radius 3 is 2.62 bits per heavy atom. The summed E-state index contributed by atoms with van der Waals surface area (Å²) in [6.07, 6.45) is 7.86. The lowest BCUT2D eigenvalue weighted by Crippen LogP contribution is -2.34. The van der Waals surface area contributed by atoms with Crippen LogP contribution in [0.3, 0.4) is 0 Å². The van der Waals surface area contributed by atoms with Gasteiger partial charge in [-0.15, -0.1) is 0 Å². The Bertz CT molecular complexity index is 134. The minimum absolute atomic E-state index is 0.0205. The van der Waals surface area contributed by atoms with Crippen LogP contribution in [0.25, 0.3) is 0 Å². The average molecular weight is 185 g/mol. The second-order valence-corrected chi connectivity index (χ2v) is 4.39. The normalized spacial score (nSPS) is 21.5. The molecule has 0 amide bonds. The third-order valence-corrected chi connectivity index (χ3v) is 2.95. The van der Waals surface area contributed by atoms with Crippen molar-refractivity contribution in [3.63, 3.8) is 0 Å². The molecule has 3 N–H and O–H groups in total. The number of rotatable bonds is 7. The third-order valence-electron chi connectivity index (χ3n) is 2.95. The van der Waals surface area contributed by atoms with E-state index in [9.17, 15) is 5.11 Å². The zero-order valence-corrected chi connectivity index (χ0v) is 8.71. The Kier molecular flexibility index (Phi) is 4.74. The maximum Gasteiger partial charge on any atom is 0.0691 e. The van der Waals surface area contributed by atoms with Crippen LogP contribution in [0.4, 0.5) is 0 Å². The standard InChI is InChI=1S/C11H23NO/c1-2-3-4-11(13)10(12)8-7-9-5-6-9/h9-11,13H,2-8,12H2,1H3. The highest BCUT2D eigenvalue weighted by atomic mass is 16.3. The minimum Gasteiger partial charge on any atom is -0.392 e. The van der Waals surface area contributed by atoms with Crippen LogP contribution < -0.4 is 5.73 Å². The fourth-order valence-corrected chi connectivity index (χ4v) is 1.65. The largest absolute Gasteiger partial charge is 0.392 e. The van der Waals surface area contributed by atoms with E-state index < -0.39 is 0 Å². The van der Waals surface area contributed by atoms with Gasteiger partial charge in [0.05, 0.1) is 6.10 Å². The van der Waals surface area contributed by atoms with Crippen molar-refractivity contribution in [2.45, 2.75) is 64.0 Å². The maximum absolute atomic E-state index is 9.66. The molecular weight excluding hydrogens is 162 g/mol. The van der Waals surface area contributed by atoms with E-state index in [1.165, 1.54) is 19.3 Å². The van der Waals surface area contributed by atoms with Crippen LogP contribution in [0.2, 0.25) is 0 Å². The van der Waals surface area contributed by atoms with E-state index in [1.54, 1.807) is 0 Å². The van der Waals surface area contributed by atoms with E-state index in [0.29, 0.717) is 0 Å². The monoisotopic (exact) mass is 185 g/mol. The van der Waals surface area contributed by atoms with Crippen molar-refractivity contribution in [1.82, 2.24) is 0 Å². The molecule has 0 bridgehead atoms. The Balaban J connectivity index is 2.01. The Morgan fingerprint density at radius 2 is 2.08 bits per heavy atom. The number of hydrogen-bond donors (Lipinski definition) is 2. The second-order valence-electron chi connectivity index (χ2n) is 4.39. The molecule has 0 spiro atoms. The van der Waals surface area contributed by atoms with E-state index in [2.05, 4.69) is 6.92 Å². The van der Waals surface area contributed by atoms with Gasteiger partial charge >= 0.3 is 0 Å². The van der Waals surface area contributed by atoms with E-state index in [0.717, 1.165) is 31.6 Å². The fourth-order valence-electron chi connectivity index (χ4n) is 1.65. The quantitative estimate of drug-likeness (QED) is 0.637. The second kappa shape index (κ2) is 5.61. The van der Waals surface area contributed by atoms with Gasteiger partial charge in [0.15, 0.2) is 0 Å². The summed E-state index contributed by atoms with van der Waals surface area (Å²) in [6.45, 7) is 2.14.